The zero-order valence-corrected chi connectivity index (χ0v) is 48.9. The van der Waals surface area contributed by atoms with Crippen molar-refractivity contribution in [3.8, 4) is 0 Å². The fraction of sp³-hybridized carbons (Fsp3) is 0.533. The average Bonchev–Trinajstić information content (AvgIpc) is 4.21. The van der Waals surface area contributed by atoms with Crippen LogP contribution in [0.5, 0.6) is 0 Å². The number of rotatable bonds is 30. The second kappa shape index (κ2) is 30.6. The highest BCUT2D eigenvalue weighted by Gasteiger charge is 2.36. The monoisotopic (exact) mass is 1170 g/mol. The molecule has 4 aromatic rings. The van der Waals surface area contributed by atoms with Gasteiger partial charge in [0.25, 0.3) is 5.91 Å². The summed E-state index contributed by atoms with van der Waals surface area (Å²) in [4.78, 5) is 71.3. The molecule has 4 N–H and O–H groups in total. The van der Waals surface area contributed by atoms with E-state index in [1.807, 2.05) is 37.3 Å². The Morgan fingerprint density at radius 3 is 2.06 bits per heavy atom. The third kappa shape index (κ3) is 16.8. The molecule has 0 fully saturated rings. The van der Waals surface area contributed by atoms with Crippen LogP contribution in [0.1, 0.15) is 160 Å². The molecule has 0 aliphatic carbocycles. The van der Waals surface area contributed by atoms with E-state index in [4.69, 9.17) is 38.4 Å². The average molecular weight is 1170 g/mol. The number of carbonyl (C=O) groups excluding carboxylic acids is 4. The molecule has 0 saturated heterocycles. The summed E-state index contributed by atoms with van der Waals surface area (Å²) in [6, 6.07) is 14.1. The minimum Gasteiger partial charge on any atom is -0.469 e. The number of aromatic amines is 2. The number of ether oxygens (including phenoxy) is 6. The zero-order chi connectivity index (χ0) is 55.4. The summed E-state index contributed by atoms with van der Waals surface area (Å²) in [6.45, 7) is 18.7. The second-order valence-corrected chi connectivity index (χ2v) is 21.1. The van der Waals surface area contributed by atoms with Crippen molar-refractivity contribution in [3.05, 3.63) is 102 Å². The Bertz CT molecular complexity index is 2870. The van der Waals surface area contributed by atoms with E-state index < -0.39 is 5.97 Å². The zero-order valence-electron chi connectivity index (χ0n) is 46.8. The van der Waals surface area contributed by atoms with Crippen LogP contribution in [0.25, 0.3) is 33.2 Å². The van der Waals surface area contributed by atoms with Crippen LogP contribution in [-0.2, 0) is 66.9 Å². The molecular weight excluding hydrogens is 1090 g/mol. The van der Waals surface area contributed by atoms with Crippen LogP contribution in [0.15, 0.2) is 42.5 Å². The van der Waals surface area contributed by atoms with Crippen LogP contribution in [0, 0.1) is 17.4 Å². The Balaban J connectivity index is 1.22. The summed E-state index contributed by atoms with van der Waals surface area (Å²) in [5.41, 5.74) is 12.6. The van der Waals surface area contributed by atoms with Crippen LogP contribution >= 0.6 is 22.6 Å². The lowest BCUT2D eigenvalue weighted by Gasteiger charge is -2.18. The summed E-state index contributed by atoms with van der Waals surface area (Å²) in [6.07, 6.45) is 6.88. The van der Waals surface area contributed by atoms with Crippen molar-refractivity contribution in [1.82, 2.24) is 30.6 Å². The minimum atomic E-state index is -0.515. The number of hydrogen-bond acceptors (Lipinski definition) is 12. The Morgan fingerprint density at radius 1 is 0.714 bits per heavy atom. The van der Waals surface area contributed by atoms with Gasteiger partial charge in [0, 0.05) is 93.6 Å². The van der Waals surface area contributed by atoms with E-state index in [0.717, 1.165) is 84.8 Å². The maximum absolute atomic E-state index is 14.6. The molecule has 2 aliphatic heterocycles. The number of aryl methyl sites for hydroxylation is 3. The third-order valence-electron chi connectivity index (χ3n) is 14.5. The van der Waals surface area contributed by atoms with Gasteiger partial charge in [0.15, 0.2) is 0 Å². The molecule has 0 spiro atoms. The van der Waals surface area contributed by atoms with Crippen LogP contribution in [-0.4, -0.2) is 117 Å². The molecule has 8 bridgehead atoms. The first-order valence-electron chi connectivity index (χ1n) is 27.4. The van der Waals surface area contributed by atoms with Gasteiger partial charge in [-0.3, -0.25) is 24.2 Å². The Hall–Kier alpha value is -5.47. The van der Waals surface area contributed by atoms with E-state index in [1.54, 1.807) is 0 Å². The molecule has 2 amide bonds. The van der Waals surface area contributed by atoms with Gasteiger partial charge in [0.2, 0.25) is 5.91 Å². The van der Waals surface area contributed by atoms with E-state index in [-0.39, 0.29) is 48.6 Å². The predicted octanol–water partition coefficient (Wildman–Crippen LogP) is 10.5. The lowest BCUT2D eigenvalue weighted by atomic mass is 9.84. The highest BCUT2D eigenvalue weighted by atomic mass is 127. The Labute approximate surface area is 468 Å². The quantitative estimate of drug-likeness (QED) is 0.0219. The lowest BCUT2D eigenvalue weighted by Crippen LogP contribution is -2.27. The number of nitrogens with one attached hydrogen (secondary N) is 4. The first kappa shape index (κ1) is 60.8. The molecular formula is C60H81IN6O10. The van der Waals surface area contributed by atoms with Crippen LogP contribution < -0.4 is 10.6 Å². The molecule has 1 unspecified atom stereocenters. The molecule has 2 aliphatic rings. The van der Waals surface area contributed by atoms with Gasteiger partial charge in [-0.05, 0) is 141 Å². The SMILES string of the molecule is CCCCCCOC(C)c1c(C)c2cc3nc(c(CC(=O)OC)c4nc(cc5[nH]c(cc1[nH]2)c(C)c5CC)C(C)=C4C(=O)NCCCOCCOCCOCCCNC(=O)Cc1cccc(I)c1)[C@@H](CCC(=O)OC)[C@@H]3C. The van der Waals surface area contributed by atoms with Crippen molar-refractivity contribution in [1.29, 1.82) is 0 Å². The smallest absolute Gasteiger partial charge is 0.310 e. The molecule has 3 atom stereocenters. The van der Waals surface area contributed by atoms with Gasteiger partial charge >= 0.3 is 11.9 Å². The predicted molar refractivity (Wildman–Crippen MR) is 310 cm³/mol. The van der Waals surface area contributed by atoms with E-state index >= 15 is 0 Å². The Kier molecular flexibility index (Phi) is 24.2. The van der Waals surface area contributed by atoms with Gasteiger partial charge in [0.05, 0.1) is 82.2 Å². The number of H-pyrrole nitrogens is 2. The van der Waals surface area contributed by atoms with Crippen molar-refractivity contribution >= 4 is 79.6 Å². The van der Waals surface area contributed by atoms with Crippen molar-refractivity contribution in [2.45, 2.75) is 137 Å². The molecule has 6 rings (SSSR count). The standard InChI is InChI=1S/C60H81IN6O10/c1-10-12-13-14-26-77-41(7)56-39(5)49-34-48-38(4)45(20-21-54(69)72-8)58(66-48)46(33-55(70)73-9)59-57(40(6)50(67-59)35-51-44(11-2)37(3)47(64-51)36-52(56)65-49)60(71)63-23-17-25-75-28-30-76-29-27-74-24-16-22-62-53(68)32-42-18-15-19-43(61)31-42/h15,18-19,31,34-36,38,41,45,64-65H,10-14,16-17,20-30,32-33H2,1-9H3,(H,62,68)(H,63,71)/t38-,41?,45-/m0/s1. The van der Waals surface area contributed by atoms with Crippen molar-refractivity contribution in [3.63, 3.8) is 0 Å². The summed E-state index contributed by atoms with van der Waals surface area (Å²) in [5, 5.41) is 6.05. The molecule has 0 radical (unpaired) electrons. The van der Waals surface area contributed by atoms with Gasteiger partial charge in [-0.15, -0.1) is 0 Å². The number of carbonyl (C=O) groups is 4. The number of amides is 2. The fourth-order valence-corrected chi connectivity index (χ4v) is 10.7. The number of halogens is 1. The number of hydrogen-bond donors (Lipinski definition) is 4. The Morgan fingerprint density at radius 2 is 1.39 bits per heavy atom. The van der Waals surface area contributed by atoms with E-state index in [0.29, 0.717) is 119 Å². The number of nitrogens with zero attached hydrogens (tertiary/aromatic N) is 2. The maximum Gasteiger partial charge on any atom is 0.310 e. The maximum atomic E-state index is 14.6. The molecule has 0 saturated carbocycles. The number of fused-ring (bicyclic) bond motifs is 8. The van der Waals surface area contributed by atoms with Gasteiger partial charge in [0.1, 0.15) is 0 Å². The second-order valence-electron chi connectivity index (χ2n) is 19.9. The van der Waals surface area contributed by atoms with Crippen molar-refractivity contribution < 1.29 is 47.6 Å². The third-order valence-corrected chi connectivity index (χ3v) is 15.2. The lowest BCUT2D eigenvalue weighted by molar-refractivity contribution is -0.141. The molecule has 16 nitrogen and oxygen atoms in total. The topological polar surface area (TPSA) is 205 Å². The molecule has 77 heavy (non-hydrogen) atoms. The van der Waals surface area contributed by atoms with E-state index in [2.05, 4.69) is 96.9 Å². The molecule has 1 aromatic carbocycles. The normalized spacial score (nSPS) is 14.7. The number of allylic oxidation sites excluding steroid dienone is 1. The van der Waals surface area contributed by atoms with Gasteiger partial charge in [-0.1, -0.05) is 52.2 Å². The summed E-state index contributed by atoms with van der Waals surface area (Å²) in [7, 11) is 2.71. The van der Waals surface area contributed by atoms with Crippen molar-refractivity contribution in [2.75, 3.05) is 73.6 Å². The fourth-order valence-electron chi connectivity index (χ4n) is 10.1. The first-order chi connectivity index (χ1) is 37.2. The van der Waals surface area contributed by atoms with Gasteiger partial charge in [-0.2, -0.15) is 0 Å². The molecule has 17 heteroatoms. The van der Waals surface area contributed by atoms with Crippen LogP contribution in [0.3, 0.4) is 0 Å². The number of unbranched alkanes of at least 4 members (excludes halogenated alkanes) is 3. The number of benzene rings is 1. The van der Waals surface area contributed by atoms with Gasteiger partial charge in [-0.25, -0.2) is 4.98 Å². The molecule has 3 aromatic heterocycles. The minimum absolute atomic E-state index is 0.00686. The largest absolute Gasteiger partial charge is 0.469 e. The van der Waals surface area contributed by atoms with Crippen LogP contribution in [0.4, 0.5) is 0 Å². The van der Waals surface area contributed by atoms with Crippen LogP contribution in [0.2, 0.25) is 0 Å². The number of methoxy groups -OCH3 is 2. The van der Waals surface area contributed by atoms with Gasteiger partial charge < -0.3 is 49.0 Å². The number of esters is 2. The van der Waals surface area contributed by atoms with E-state index in [1.165, 1.54) is 20.6 Å². The summed E-state index contributed by atoms with van der Waals surface area (Å²) >= 11 is 2.24. The highest BCUT2D eigenvalue weighted by Crippen LogP contribution is 2.44. The molecule has 418 valence electrons. The first-order valence-corrected chi connectivity index (χ1v) is 28.5. The summed E-state index contributed by atoms with van der Waals surface area (Å²) in [5.74, 6) is -1.76. The van der Waals surface area contributed by atoms with E-state index in [9.17, 15) is 19.2 Å². The highest BCUT2D eigenvalue weighted by molar-refractivity contribution is 14.1. The number of aromatic nitrogens is 4. The van der Waals surface area contributed by atoms with Crippen molar-refractivity contribution in [2.24, 2.45) is 0 Å². The molecule has 5 heterocycles. The summed E-state index contributed by atoms with van der Waals surface area (Å²) < 4.78 is 35.3.